The zero-order chi connectivity index (χ0) is 15.6. The van der Waals surface area contributed by atoms with Crippen molar-refractivity contribution >= 4 is 5.97 Å². The lowest BCUT2D eigenvalue weighted by molar-refractivity contribution is -0.139. The number of carbonyl (C=O) groups is 1. The van der Waals surface area contributed by atoms with Gasteiger partial charge in [0.1, 0.15) is 5.69 Å². The Morgan fingerprint density at radius 3 is 2.62 bits per heavy atom. The van der Waals surface area contributed by atoms with Crippen LogP contribution >= 0.6 is 0 Å². The Morgan fingerprint density at radius 1 is 1.38 bits per heavy atom. The monoisotopic (exact) mass is 304 g/mol. The van der Waals surface area contributed by atoms with E-state index >= 15 is 0 Å². The third-order valence-corrected chi connectivity index (χ3v) is 2.22. The number of aliphatic carboxylic acids is 1. The molecule has 2 rings (SSSR count). The molecule has 8 nitrogen and oxygen atoms in total. The zero-order valence-electron chi connectivity index (χ0n) is 10.1. The minimum atomic E-state index is -4.53. The Balaban J connectivity index is 2.24. The first-order valence-electron chi connectivity index (χ1n) is 5.32. The predicted molar refractivity (Wildman–Crippen MR) is 58.6 cm³/mol. The van der Waals surface area contributed by atoms with Gasteiger partial charge in [0, 0.05) is 6.20 Å². The number of hydrogen-bond acceptors (Lipinski definition) is 6. The molecular formula is C10H7F3N4O4. The number of nitrogens with zero attached hydrogens (tertiary/aromatic N) is 4. The first-order chi connectivity index (χ1) is 9.77. The van der Waals surface area contributed by atoms with Crippen LogP contribution in [0.15, 0.2) is 18.3 Å². The average molecular weight is 304 g/mol. The lowest BCUT2D eigenvalue weighted by Crippen LogP contribution is -2.10. The number of rotatable bonds is 4. The van der Waals surface area contributed by atoms with Crippen molar-refractivity contribution in [1.29, 1.82) is 0 Å². The van der Waals surface area contributed by atoms with E-state index < -0.39 is 30.3 Å². The molecule has 0 spiro atoms. The first-order valence-corrected chi connectivity index (χ1v) is 5.32. The molecule has 0 saturated heterocycles. The smallest absolute Gasteiger partial charge is 0.417 e. The van der Waals surface area contributed by atoms with Gasteiger partial charge in [-0.15, -0.1) is 0 Å². The van der Waals surface area contributed by atoms with Crippen molar-refractivity contribution < 1.29 is 33.0 Å². The summed E-state index contributed by atoms with van der Waals surface area (Å²) in [7, 11) is 0. The molecule has 0 aromatic carbocycles. The van der Waals surface area contributed by atoms with Crippen molar-refractivity contribution in [3.63, 3.8) is 0 Å². The van der Waals surface area contributed by atoms with E-state index in [1.54, 1.807) is 0 Å². The van der Waals surface area contributed by atoms with Gasteiger partial charge in [0.15, 0.2) is 6.61 Å². The number of aromatic nitrogens is 4. The quantitative estimate of drug-likeness (QED) is 0.812. The molecule has 0 aliphatic rings. The molecule has 0 aliphatic heterocycles. The summed E-state index contributed by atoms with van der Waals surface area (Å²) < 4.78 is 41.8. The molecule has 21 heavy (non-hydrogen) atoms. The van der Waals surface area contributed by atoms with Crippen LogP contribution in [0.25, 0.3) is 11.5 Å². The lowest BCUT2D eigenvalue weighted by Gasteiger charge is -2.05. The maximum Gasteiger partial charge on any atom is 0.417 e. The molecule has 2 N–H and O–H groups in total. The topological polar surface area (TPSA) is 110 Å². The molecule has 0 saturated carbocycles. The van der Waals surface area contributed by atoms with Crippen molar-refractivity contribution in [1.82, 2.24) is 19.9 Å². The number of pyridine rings is 1. The molecule has 0 amide bonds. The highest BCUT2D eigenvalue weighted by Gasteiger charge is 2.31. The van der Waals surface area contributed by atoms with E-state index in [0.29, 0.717) is 6.20 Å². The van der Waals surface area contributed by atoms with E-state index in [4.69, 9.17) is 5.11 Å². The van der Waals surface area contributed by atoms with Crippen LogP contribution in [0.1, 0.15) is 5.56 Å². The molecule has 2 heterocycles. The molecule has 0 bridgehead atoms. The summed E-state index contributed by atoms with van der Waals surface area (Å²) in [6, 6.07) is 1.30. The number of alkyl halides is 3. The second-order valence-electron chi connectivity index (χ2n) is 3.72. The van der Waals surface area contributed by atoms with Gasteiger partial charge >= 0.3 is 18.2 Å². The van der Waals surface area contributed by atoms with Crippen LogP contribution in [-0.2, 0) is 11.0 Å². The van der Waals surface area contributed by atoms with Gasteiger partial charge in [0.05, 0.1) is 5.56 Å². The lowest BCUT2D eigenvalue weighted by atomic mass is 10.2. The molecule has 0 aliphatic carbocycles. The van der Waals surface area contributed by atoms with Crippen LogP contribution in [0.4, 0.5) is 13.2 Å². The van der Waals surface area contributed by atoms with Crippen LogP contribution in [0.2, 0.25) is 0 Å². The fraction of sp³-hybridized carbons (Fsp3) is 0.200. The number of hydrogen-bond donors (Lipinski definition) is 2. The van der Waals surface area contributed by atoms with E-state index in [0.717, 1.165) is 12.1 Å². The fourth-order valence-corrected chi connectivity index (χ4v) is 1.33. The third-order valence-electron chi connectivity index (χ3n) is 2.22. The highest BCUT2D eigenvalue weighted by Crippen LogP contribution is 2.29. The van der Waals surface area contributed by atoms with Crippen molar-refractivity contribution in [2.24, 2.45) is 0 Å². The minimum absolute atomic E-state index is 0.0943. The number of carboxylic acids is 1. The minimum Gasteiger partial charge on any atom is -0.479 e. The van der Waals surface area contributed by atoms with Gasteiger partial charge < -0.3 is 15.1 Å². The van der Waals surface area contributed by atoms with Gasteiger partial charge in [-0.2, -0.15) is 18.2 Å². The third kappa shape index (κ3) is 3.38. The summed E-state index contributed by atoms with van der Waals surface area (Å²) in [6.45, 7) is -0.732. The Bertz CT molecular complexity index is 653. The van der Waals surface area contributed by atoms with Crippen LogP contribution in [0, 0.1) is 0 Å². The van der Waals surface area contributed by atoms with Crippen LogP contribution in [0.5, 0.6) is 6.01 Å². The largest absolute Gasteiger partial charge is 0.479 e. The molecule has 2 aromatic rings. The normalized spacial score (nSPS) is 11.4. The van der Waals surface area contributed by atoms with E-state index in [1.165, 1.54) is 0 Å². The van der Waals surface area contributed by atoms with Crippen LogP contribution in [-0.4, -0.2) is 42.8 Å². The Labute approximate surface area is 114 Å². The standard InChI is InChI=1S/C10H7F3N4O4/c11-10(12,13)5-1-2-6(14-3-5)8-15-9(16-17(8)20)21-4-7(18)19/h1-3,20H,4H2,(H,18,19). The number of carboxylic acid groups (broad SMARTS) is 1. The van der Waals surface area contributed by atoms with Crippen molar-refractivity contribution in [2.45, 2.75) is 6.18 Å². The molecule has 112 valence electrons. The van der Waals surface area contributed by atoms with E-state index in [9.17, 15) is 23.2 Å². The SMILES string of the molecule is O=C(O)COc1nc(-c2ccc(C(F)(F)F)cn2)n(O)n1. The highest BCUT2D eigenvalue weighted by molar-refractivity contribution is 5.68. The Morgan fingerprint density at radius 2 is 2.10 bits per heavy atom. The molecule has 11 heteroatoms. The predicted octanol–water partition coefficient (Wildman–Crippen LogP) is 1.06. The molecule has 0 fully saturated rings. The Hall–Kier alpha value is -2.85. The van der Waals surface area contributed by atoms with Gasteiger partial charge in [-0.05, 0) is 12.1 Å². The number of halogens is 3. The highest BCUT2D eigenvalue weighted by atomic mass is 19.4. The molecule has 0 unspecified atom stereocenters. The van der Waals surface area contributed by atoms with E-state index in [1.807, 2.05) is 0 Å². The Kier molecular flexibility index (Phi) is 3.65. The molecule has 0 atom stereocenters. The summed E-state index contributed by atoms with van der Waals surface area (Å²) >= 11 is 0. The molecule has 0 radical (unpaired) electrons. The second-order valence-corrected chi connectivity index (χ2v) is 3.72. The van der Waals surface area contributed by atoms with Crippen molar-refractivity contribution in [3.05, 3.63) is 23.9 Å². The van der Waals surface area contributed by atoms with Crippen LogP contribution in [0.3, 0.4) is 0 Å². The summed E-state index contributed by atoms with van der Waals surface area (Å²) in [6.07, 6.45) is -3.96. The molecule has 2 aromatic heterocycles. The van der Waals surface area contributed by atoms with Crippen LogP contribution < -0.4 is 4.74 Å². The fourth-order valence-electron chi connectivity index (χ4n) is 1.33. The summed E-state index contributed by atoms with van der Waals surface area (Å²) in [5.41, 5.74) is -1.05. The van der Waals surface area contributed by atoms with Crippen molar-refractivity contribution in [2.75, 3.05) is 6.61 Å². The van der Waals surface area contributed by atoms with Gasteiger partial charge in [-0.1, -0.05) is 9.94 Å². The average Bonchev–Trinajstić information content (AvgIpc) is 2.77. The van der Waals surface area contributed by atoms with E-state index in [2.05, 4.69) is 19.8 Å². The summed E-state index contributed by atoms with van der Waals surface area (Å²) in [5, 5.41) is 21.2. The first kappa shape index (κ1) is 14.6. The summed E-state index contributed by atoms with van der Waals surface area (Å²) in [4.78, 5) is 17.7. The van der Waals surface area contributed by atoms with Gasteiger partial charge in [0.25, 0.3) is 0 Å². The second kappa shape index (κ2) is 5.26. The van der Waals surface area contributed by atoms with Crippen molar-refractivity contribution in [3.8, 4) is 17.5 Å². The van der Waals surface area contributed by atoms with Gasteiger partial charge in [0.2, 0.25) is 5.82 Å². The summed E-state index contributed by atoms with van der Waals surface area (Å²) in [5.74, 6) is -1.57. The van der Waals surface area contributed by atoms with Gasteiger partial charge in [-0.25, -0.2) is 4.79 Å². The van der Waals surface area contributed by atoms with E-state index in [-0.39, 0.29) is 16.4 Å². The van der Waals surface area contributed by atoms with Gasteiger partial charge in [-0.3, -0.25) is 4.98 Å². The maximum absolute atomic E-state index is 12.4. The zero-order valence-corrected chi connectivity index (χ0v) is 10.1. The maximum atomic E-state index is 12.4. The number of ether oxygens (including phenoxy) is 1. The molecular weight excluding hydrogens is 297 g/mol.